The molecule has 0 fully saturated rings. The number of rotatable bonds is 5. The molecule has 0 spiro atoms. The van der Waals surface area contributed by atoms with Crippen LogP contribution in [0.5, 0.6) is 0 Å². The highest BCUT2D eigenvalue weighted by Gasteiger charge is 2.25. The SMILES string of the molecule is CO[C@H]1/C=C\CCN(C(=O)CCC(=O)O)C[C@@H]1OC. The zero-order chi connectivity index (χ0) is 14.3. The van der Waals surface area contributed by atoms with Crippen molar-refractivity contribution in [2.24, 2.45) is 0 Å². The van der Waals surface area contributed by atoms with E-state index in [1.54, 1.807) is 19.1 Å². The van der Waals surface area contributed by atoms with Crippen LogP contribution in [0.4, 0.5) is 0 Å². The highest BCUT2D eigenvalue weighted by molar-refractivity contribution is 5.80. The van der Waals surface area contributed by atoms with E-state index >= 15 is 0 Å². The van der Waals surface area contributed by atoms with E-state index in [0.717, 1.165) is 6.42 Å². The molecule has 0 bridgehead atoms. The van der Waals surface area contributed by atoms with Crippen LogP contribution in [0.2, 0.25) is 0 Å². The third-order valence-electron chi connectivity index (χ3n) is 3.14. The molecule has 1 aliphatic heterocycles. The van der Waals surface area contributed by atoms with Gasteiger partial charge in [-0.1, -0.05) is 12.2 Å². The van der Waals surface area contributed by atoms with Crippen LogP contribution in [-0.4, -0.2) is 61.4 Å². The van der Waals surface area contributed by atoms with Crippen LogP contribution in [0.15, 0.2) is 12.2 Å². The van der Waals surface area contributed by atoms with Crippen molar-refractivity contribution in [2.75, 3.05) is 27.3 Å². The fraction of sp³-hybridized carbons (Fsp3) is 0.692. The quantitative estimate of drug-likeness (QED) is 0.744. The normalized spacial score (nSPS) is 25.5. The Hall–Kier alpha value is -1.40. The third kappa shape index (κ3) is 5.00. The molecule has 1 N–H and O–H groups in total. The zero-order valence-corrected chi connectivity index (χ0v) is 11.4. The first-order chi connectivity index (χ1) is 9.08. The maximum Gasteiger partial charge on any atom is 0.303 e. The Kier molecular flexibility index (Phi) is 6.52. The lowest BCUT2D eigenvalue weighted by molar-refractivity contribution is -0.142. The average molecular weight is 271 g/mol. The molecule has 0 saturated carbocycles. The molecular weight excluding hydrogens is 250 g/mol. The number of carbonyl (C=O) groups is 2. The van der Waals surface area contributed by atoms with Gasteiger partial charge in [0.05, 0.1) is 6.42 Å². The fourth-order valence-corrected chi connectivity index (χ4v) is 2.03. The Labute approximate surface area is 113 Å². The average Bonchev–Trinajstić information content (AvgIpc) is 2.36. The van der Waals surface area contributed by atoms with Crippen LogP contribution >= 0.6 is 0 Å². The number of amides is 1. The molecule has 108 valence electrons. The van der Waals surface area contributed by atoms with Crippen molar-refractivity contribution in [1.29, 1.82) is 0 Å². The molecule has 19 heavy (non-hydrogen) atoms. The first-order valence-electron chi connectivity index (χ1n) is 6.30. The van der Waals surface area contributed by atoms with Crippen molar-refractivity contribution in [3.63, 3.8) is 0 Å². The van der Waals surface area contributed by atoms with E-state index in [-0.39, 0.29) is 31.0 Å². The summed E-state index contributed by atoms with van der Waals surface area (Å²) in [6.07, 6.45) is 4.07. The maximum atomic E-state index is 12.0. The lowest BCUT2D eigenvalue weighted by atomic mass is 10.1. The van der Waals surface area contributed by atoms with Gasteiger partial charge in [-0.05, 0) is 6.42 Å². The van der Waals surface area contributed by atoms with Crippen LogP contribution in [0, 0.1) is 0 Å². The minimum atomic E-state index is -0.960. The monoisotopic (exact) mass is 271 g/mol. The molecule has 0 aliphatic carbocycles. The number of nitrogens with zero attached hydrogens (tertiary/aromatic N) is 1. The van der Waals surface area contributed by atoms with Gasteiger partial charge in [0, 0.05) is 33.7 Å². The largest absolute Gasteiger partial charge is 0.481 e. The summed E-state index contributed by atoms with van der Waals surface area (Å²) >= 11 is 0. The number of ether oxygens (including phenoxy) is 2. The van der Waals surface area contributed by atoms with Gasteiger partial charge in [0.2, 0.25) is 5.91 Å². The standard InChI is InChI=1S/C13H21NO5/c1-18-10-5-3-4-8-14(9-11(10)19-2)12(15)6-7-13(16)17/h3,5,10-11H,4,6-9H2,1-2H3,(H,16,17)/b5-3-/t10-,11-/m0/s1. The molecule has 0 unspecified atom stereocenters. The van der Waals surface area contributed by atoms with E-state index in [4.69, 9.17) is 14.6 Å². The Balaban J connectivity index is 2.65. The van der Waals surface area contributed by atoms with Crippen molar-refractivity contribution in [3.8, 4) is 0 Å². The summed E-state index contributed by atoms with van der Waals surface area (Å²) < 4.78 is 10.7. The molecule has 0 aromatic carbocycles. The van der Waals surface area contributed by atoms with Crippen LogP contribution in [0.1, 0.15) is 19.3 Å². The van der Waals surface area contributed by atoms with Crippen molar-refractivity contribution >= 4 is 11.9 Å². The van der Waals surface area contributed by atoms with Gasteiger partial charge in [0.1, 0.15) is 12.2 Å². The molecule has 1 aliphatic rings. The van der Waals surface area contributed by atoms with Crippen LogP contribution in [-0.2, 0) is 19.1 Å². The van der Waals surface area contributed by atoms with Crippen molar-refractivity contribution in [1.82, 2.24) is 4.90 Å². The van der Waals surface area contributed by atoms with Gasteiger partial charge >= 0.3 is 5.97 Å². The number of aliphatic carboxylic acids is 1. The van der Waals surface area contributed by atoms with Gasteiger partial charge in [-0.2, -0.15) is 0 Å². The second-order valence-corrected chi connectivity index (χ2v) is 4.42. The second kappa shape index (κ2) is 7.91. The molecule has 2 atom stereocenters. The van der Waals surface area contributed by atoms with Crippen molar-refractivity contribution < 1.29 is 24.2 Å². The van der Waals surface area contributed by atoms with Crippen LogP contribution in [0.25, 0.3) is 0 Å². The third-order valence-corrected chi connectivity index (χ3v) is 3.14. The summed E-state index contributed by atoms with van der Waals surface area (Å²) in [5.41, 5.74) is 0. The van der Waals surface area contributed by atoms with Gasteiger partial charge in [0.25, 0.3) is 0 Å². The topological polar surface area (TPSA) is 76.1 Å². The van der Waals surface area contributed by atoms with E-state index in [1.165, 1.54) is 0 Å². The molecule has 6 heteroatoms. The van der Waals surface area contributed by atoms with E-state index in [2.05, 4.69) is 0 Å². The molecule has 1 rings (SSSR count). The predicted molar refractivity (Wildman–Crippen MR) is 68.8 cm³/mol. The number of carboxylic acids is 1. The summed E-state index contributed by atoms with van der Waals surface area (Å²) in [4.78, 5) is 24.1. The highest BCUT2D eigenvalue weighted by atomic mass is 16.5. The highest BCUT2D eigenvalue weighted by Crippen LogP contribution is 2.13. The van der Waals surface area contributed by atoms with Crippen LogP contribution < -0.4 is 0 Å². The zero-order valence-electron chi connectivity index (χ0n) is 11.4. The summed E-state index contributed by atoms with van der Waals surface area (Å²) in [5, 5.41) is 8.61. The summed E-state index contributed by atoms with van der Waals surface area (Å²) in [6.45, 7) is 0.989. The number of hydrogen-bond acceptors (Lipinski definition) is 4. The Morgan fingerprint density at radius 3 is 2.63 bits per heavy atom. The molecule has 6 nitrogen and oxygen atoms in total. The van der Waals surface area contributed by atoms with Gasteiger partial charge in [-0.15, -0.1) is 0 Å². The lowest BCUT2D eigenvalue weighted by Crippen LogP contribution is -2.44. The van der Waals surface area contributed by atoms with E-state index in [1.807, 2.05) is 12.2 Å². The second-order valence-electron chi connectivity index (χ2n) is 4.42. The van der Waals surface area contributed by atoms with Gasteiger partial charge in [-0.25, -0.2) is 0 Å². The van der Waals surface area contributed by atoms with E-state index in [0.29, 0.717) is 13.1 Å². The van der Waals surface area contributed by atoms with Crippen LogP contribution in [0.3, 0.4) is 0 Å². The summed E-state index contributed by atoms with van der Waals surface area (Å²) in [5.74, 6) is -1.12. The first-order valence-corrected chi connectivity index (χ1v) is 6.30. The van der Waals surface area contributed by atoms with Gasteiger partial charge in [-0.3, -0.25) is 9.59 Å². The Bertz CT molecular complexity index is 342. The Morgan fingerprint density at radius 1 is 1.32 bits per heavy atom. The first kappa shape index (κ1) is 15.7. The minimum Gasteiger partial charge on any atom is -0.481 e. The summed E-state index contributed by atoms with van der Waals surface area (Å²) in [7, 11) is 3.17. The molecule has 0 saturated heterocycles. The number of methoxy groups -OCH3 is 2. The van der Waals surface area contributed by atoms with Gasteiger partial charge in [0.15, 0.2) is 0 Å². The number of hydrogen-bond donors (Lipinski definition) is 1. The molecule has 0 aromatic rings. The van der Waals surface area contributed by atoms with Crippen molar-refractivity contribution in [3.05, 3.63) is 12.2 Å². The number of carboxylic acid groups (broad SMARTS) is 1. The lowest BCUT2D eigenvalue weighted by Gasteiger charge is -2.31. The van der Waals surface area contributed by atoms with E-state index < -0.39 is 5.97 Å². The molecule has 0 radical (unpaired) electrons. The van der Waals surface area contributed by atoms with E-state index in [9.17, 15) is 9.59 Å². The minimum absolute atomic E-state index is 0.0210. The molecular formula is C13H21NO5. The van der Waals surface area contributed by atoms with Crippen molar-refractivity contribution in [2.45, 2.75) is 31.5 Å². The molecule has 1 amide bonds. The maximum absolute atomic E-state index is 12.0. The Morgan fingerprint density at radius 2 is 2.05 bits per heavy atom. The predicted octanol–water partition coefficient (Wildman–Crippen LogP) is 0.670. The smallest absolute Gasteiger partial charge is 0.303 e. The molecule has 1 heterocycles. The summed E-state index contributed by atoms with van der Waals surface area (Å²) in [6, 6.07) is 0. The number of carbonyl (C=O) groups excluding carboxylic acids is 1. The van der Waals surface area contributed by atoms with Gasteiger partial charge < -0.3 is 19.5 Å². The molecule has 0 aromatic heterocycles. The fourth-order valence-electron chi connectivity index (χ4n) is 2.03.